The van der Waals surface area contributed by atoms with Crippen LogP contribution in [0, 0.1) is 0 Å². The molecule has 4 nitrogen and oxygen atoms in total. The van der Waals surface area contributed by atoms with Crippen molar-refractivity contribution in [2.45, 2.75) is 26.3 Å². The predicted molar refractivity (Wildman–Crippen MR) is 77.6 cm³/mol. The second kappa shape index (κ2) is 5.17. The van der Waals surface area contributed by atoms with Crippen LogP contribution >= 0.6 is 15.9 Å². The summed E-state index contributed by atoms with van der Waals surface area (Å²) >= 11 is 3.34. The lowest BCUT2D eigenvalue weighted by Gasteiger charge is -2.19. The zero-order valence-corrected chi connectivity index (χ0v) is 12.3. The van der Waals surface area contributed by atoms with Crippen LogP contribution < -0.4 is 5.43 Å². The maximum absolute atomic E-state index is 12.1. The largest absolute Gasteiger partial charge is 0.481 e. The molecule has 2 rings (SSSR count). The van der Waals surface area contributed by atoms with E-state index in [-0.39, 0.29) is 17.9 Å². The maximum atomic E-state index is 12.1. The normalized spacial score (nSPS) is 11.2. The first kappa shape index (κ1) is 13.8. The van der Waals surface area contributed by atoms with Gasteiger partial charge in [-0.05, 0) is 32.0 Å². The number of carbonyl (C=O) groups is 1. The number of aliphatic carboxylic acids is 1. The lowest BCUT2D eigenvalue weighted by Crippen LogP contribution is -2.18. The zero-order chi connectivity index (χ0) is 14.2. The van der Waals surface area contributed by atoms with E-state index in [1.165, 1.54) is 6.07 Å². The van der Waals surface area contributed by atoms with Gasteiger partial charge in [0.2, 0.25) is 0 Å². The van der Waals surface area contributed by atoms with Gasteiger partial charge in [-0.15, -0.1) is 0 Å². The Morgan fingerprint density at radius 2 is 2.05 bits per heavy atom. The lowest BCUT2D eigenvalue weighted by atomic mass is 10.1. The molecule has 0 aliphatic rings. The molecule has 0 saturated heterocycles. The Bertz CT molecular complexity index is 704. The van der Waals surface area contributed by atoms with E-state index < -0.39 is 5.97 Å². The molecular weight excluding hydrogens is 310 g/mol. The Kier molecular flexibility index (Phi) is 3.75. The highest BCUT2D eigenvalue weighted by molar-refractivity contribution is 9.10. The number of carboxylic acid groups (broad SMARTS) is 1. The zero-order valence-electron chi connectivity index (χ0n) is 10.7. The smallest absolute Gasteiger partial charge is 0.309 e. The molecule has 1 N–H and O–H groups in total. The van der Waals surface area contributed by atoms with Crippen LogP contribution in [0.4, 0.5) is 0 Å². The number of hydrogen-bond donors (Lipinski definition) is 1. The summed E-state index contributed by atoms with van der Waals surface area (Å²) in [6, 6.07) is 6.96. The van der Waals surface area contributed by atoms with Gasteiger partial charge in [-0.2, -0.15) is 0 Å². The fourth-order valence-electron chi connectivity index (χ4n) is 2.27. The lowest BCUT2D eigenvalue weighted by molar-refractivity contribution is -0.136. The number of aromatic nitrogens is 1. The molecule has 0 aliphatic heterocycles. The van der Waals surface area contributed by atoms with Gasteiger partial charge in [-0.1, -0.05) is 15.9 Å². The van der Waals surface area contributed by atoms with Crippen LogP contribution in [0.2, 0.25) is 0 Å². The van der Waals surface area contributed by atoms with Crippen molar-refractivity contribution >= 4 is 32.8 Å². The minimum Gasteiger partial charge on any atom is -0.481 e. The summed E-state index contributed by atoms with van der Waals surface area (Å²) in [6.45, 7) is 3.94. The van der Waals surface area contributed by atoms with Gasteiger partial charge in [-0.25, -0.2) is 0 Å². The minimum absolute atomic E-state index is 0.0821. The van der Waals surface area contributed by atoms with Crippen molar-refractivity contribution < 1.29 is 9.90 Å². The van der Waals surface area contributed by atoms with Gasteiger partial charge in [-0.3, -0.25) is 9.59 Å². The number of benzene rings is 1. The molecule has 0 bridgehead atoms. The van der Waals surface area contributed by atoms with E-state index in [9.17, 15) is 9.59 Å². The topological polar surface area (TPSA) is 59.3 Å². The van der Waals surface area contributed by atoms with Crippen LogP contribution in [0.25, 0.3) is 10.9 Å². The Morgan fingerprint density at radius 1 is 1.37 bits per heavy atom. The molecule has 19 heavy (non-hydrogen) atoms. The summed E-state index contributed by atoms with van der Waals surface area (Å²) in [5.41, 5.74) is 1.15. The van der Waals surface area contributed by atoms with Crippen molar-refractivity contribution in [3.8, 4) is 0 Å². The first-order chi connectivity index (χ1) is 8.90. The van der Waals surface area contributed by atoms with E-state index in [1.54, 1.807) is 6.07 Å². The molecule has 1 aromatic carbocycles. The number of halogens is 1. The highest BCUT2D eigenvalue weighted by Crippen LogP contribution is 2.22. The first-order valence-electron chi connectivity index (χ1n) is 5.95. The fourth-order valence-corrected chi connectivity index (χ4v) is 2.63. The van der Waals surface area contributed by atoms with Crippen molar-refractivity contribution in [1.29, 1.82) is 0 Å². The molecular formula is C14H14BrNO3. The molecule has 0 saturated carbocycles. The molecule has 2 aromatic rings. The summed E-state index contributed by atoms with van der Waals surface area (Å²) in [7, 11) is 0. The van der Waals surface area contributed by atoms with Crippen molar-refractivity contribution in [2.75, 3.05) is 0 Å². The molecule has 0 atom stereocenters. The average molecular weight is 324 g/mol. The summed E-state index contributed by atoms with van der Waals surface area (Å²) < 4.78 is 2.73. The van der Waals surface area contributed by atoms with E-state index in [0.717, 1.165) is 9.99 Å². The predicted octanol–water partition coefficient (Wildman–Crippen LogP) is 2.97. The van der Waals surface area contributed by atoms with E-state index in [2.05, 4.69) is 15.9 Å². The van der Waals surface area contributed by atoms with Crippen molar-refractivity contribution in [1.82, 2.24) is 4.57 Å². The quantitative estimate of drug-likeness (QED) is 0.944. The number of carboxylic acids is 1. The Balaban J connectivity index is 2.84. The van der Waals surface area contributed by atoms with E-state index >= 15 is 0 Å². The number of fused-ring (bicyclic) bond motifs is 1. The monoisotopic (exact) mass is 323 g/mol. The maximum Gasteiger partial charge on any atom is 0.309 e. The SMILES string of the molecule is CC(C)n1c(CC(=O)O)cc(=O)c2cc(Br)ccc21. The van der Waals surface area contributed by atoms with Gasteiger partial charge in [0.1, 0.15) is 0 Å². The van der Waals surface area contributed by atoms with Gasteiger partial charge in [0.25, 0.3) is 0 Å². The third-order valence-corrected chi connectivity index (χ3v) is 3.43. The molecule has 0 radical (unpaired) electrons. The Morgan fingerprint density at radius 3 is 2.63 bits per heavy atom. The molecule has 0 spiro atoms. The molecule has 0 unspecified atom stereocenters. The Labute approximate surface area is 118 Å². The van der Waals surface area contributed by atoms with Crippen molar-refractivity contribution in [3.05, 3.63) is 44.7 Å². The van der Waals surface area contributed by atoms with Gasteiger partial charge in [0.15, 0.2) is 5.43 Å². The molecule has 1 heterocycles. The van der Waals surface area contributed by atoms with Crippen LogP contribution in [0.1, 0.15) is 25.6 Å². The Hall–Kier alpha value is -1.62. The number of hydrogen-bond acceptors (Lipinski definition) is 2. The van der Waals surface area contributed by atoms with Gasteiger partial charge >= 0.3 is 5.97 Å². The third-order valence-electron chi connectivity index (χ3n) is 2.94. The minimum atomic E-state index is -0.940. The average Bonchev–Trinajstić information content (AvgIpc) is 2.28. The molecule has 5 heteroatoms. The second-order valence-electron chi connectivity index (χ2n) is 4.70. The first-order valence-corrected chi connectivity index (χ1v) is 6.75. The number of nitrogens with zero attached hydrogens (tertiary/aromatic N) is 1. The van der Waals surface area contributed by atoms with Gasteiger partial charge < -0.3 is 9.67 Å². The number of pyridine rings is 1. The van der Waals surface area contributed by atoms with E-state index in [0.29, 0.717) is 11.1 Å². The van der Waals surface area contributed by atoms with Crippen molar-refractivity contribution in [3.63, 3.8) is 0 Å². The molecule has 0 fully saturated rings. The van der Waals surface area contributed by atoms with Crippen LogP contribution in [-0.2, 0) is 11.2 Å². The third kappa shape index (κ3) is 2.71. The summed E-state index contributed by atoms with van der Waals surface area (Å²) in [5, 5.41) is 9.55. The molecule has 0 aliphatic carbocycles. The summed E-state index contributed by atoms with van der Waals surface area (Å²) in [5.74, 6) is -0.940. The molecule has 0 amide bonds. The summed E-state index contributed by atoms with van der Waals surface area (Å²) in [6.07, 6.45) is -0.153. The van der Waals surface area contributed by atoms with Crippen LogP contribution in [0.15, 0.2) is 33.5 Å². The second-order valence-corrected chi connectivity index (χ2v) is 5.61. The highest BCUT2D eigenvalue weighted by atomic mass is 79.9. The number of rotatable bonds is 3. The van der Waals surface area contributed by atoms with Crippen LogP contribution in [-0.4, -0.2) is 15.6 Å². The van der Waals surface area contributed by atoms with E-state index in [4.69, 9.17) is 5.11 Å². The molecule has 1 aromatic heterocycles. The summed E-state index contributed by atoms with van der Waals surface area (Å²) in [4.78, 5) is 23.0. The van der Waals surface area contributed by atoms with Crippen LogP contribution in [0.5, 0.6) is 0 Å². The standard InChI is InChI=1S/C14H14BrNO3/c1-8(2)16-10(7-14(18)19)6-13(17)11-5-9(15)3-4-12(11)16/h3-6,8H,7H2,1-2H3,(H,18,19). The highest BCUT2D eigenvalue weighted by Gasteiger charge is 2.14. The van der Waals surface area contributed by atoms with Gasteiger partial charge in [0, 0.05) is 27.7 Å². The molecule has 100 valence electrons. The fraction of sp³-hybridized carbons (Fsp3) is 0.286. The van der Waals surface area contributed by atoms with Crippen molar-refractivity contribution in [2.24, 2.45) is 0 Å². The van der Waals surface area contributed by atoms with Gasteiger partial charge in [0.05, 0.1) is 11.9 Å². The van der Waals surface area contributed by atoms with Crippen LogP contribution in [0.3, 0.4) is 0 Å². The van der Waals surface area contributed by atoms with E-state index in [1.807, 2.05) is 30.5 Å².